The summed E-state index contributed by atoms with van der Waals surface area (Å²) in [5, 5.41) is 13.8. The number of likely N-dealkylation sites (N-methyl/N-ethyl adjacent to an activating group) is 1. The summed E-state index contributed by atoms with van der Waals surface area (Å²) in [5.74, 6) is -1.11. The van der Waals surface area contributed by atoms with Crippen LogP contribution in [0.15, 0.2) is 35.3 Å². The Kier molecular flexibility index (Phi) is 9.99. The van der Waals surface area contributed by atoms with E-state index in [4.69, 9.17) is 16.7 Å². The number of nitrogens with one attached hydrogen (secondary N) is 3. The maximum Gasteiger partial charge on any atom is 0.405 e. The lowest BCUT2D eigenvalue weighted by molar-refractivity contribution is -0.123. The number of carboxylic acid groups (broad SMARTS) is 1. The molecule has 0 saturated carbocycles. The molecule has 1 unspecified atom stereocenters. The molecule has 3 aromatic heterocycles. The zero-order valence-electron chi connectivity index (χ0n) is 22.5. The van der Waals surface area contributed by atoms with Crippen molar-refractivity contribution < 1.29 is 23.9 Å². The molecule has 0 aliphatic heterocycles. The number of rotatable bonds is 11. The SMILES string of the molecule is CC(C)Cc1ncc(F)c2nc(Cn3c(Cl)ccc(NC(=O)C(CCC=CC(=O)N(C)C)NC(=O)O)c3=O)[nH]c12. The van der Waals surface area contributed by atoms with Gasteiger partial charge in [-0.25, -0.2) is 14.2 Å². The number of amides is 3. The molecule has 14 heteroatoms. The van der Waals surface area contributed by atoms with E-state index in [0.29, 0.717) is 17.6 Å². The molecular weight excluding hydrogens is 545 g/mol. The number of aromatic nitrogens is 4. The number of allylic oxidation sites excluding steroid dienone is 1. The van der Waals surface area contributed by atoms with Crippen LogP contribution in [0.1, 0.15) is 38.2 Å². The van der Waals surface area contributed by atoms with Crippen molar-refractivity contribution in [2.24, 2.45) is 5.92 Å². The molecule has 0 radical (unpaired) electrons. The lowest BCUT2D eigenvalue weighted by Crippen LogP contribution is -2.44. The van der Waals surface area contributed by atoms with Crippen molar-refractivity contribution in [2.45, 2.75) is 45.7 Å². The summed E-state index contributed by atoms with van der Waals surface area (Å²) in [6.07, 6.45) is 3.38. The summed E-state index contributed by atoms with van der Waals surface area (Å²) >= 11 is 6.28. The maximum atomic E-state index is 14.4. The van der Waals surface area contributed by atoms with Crippen LogP contribution in [-0.2, 0) is 22.6 Å². The van der Waals surface area contributed by atoms with Gasteiger partial charge in [0.25, 0.3) is 5.56 Å². The van der Waals surface area contributed by atoms with E-state index in [1.54, 1.807) is 14.1 Å². The highest BCUT2D eigenvalue weighted by atomic mass is 35.5. The van der Waals surface area contributed by atoms with E-state index in [1.807, 2.05) is 13.8 Å². The molecule has 0 bridgehead atoms. The molecule has 4 N–H and O–H groups in total. The number of hydrogen-bond donors (Lipinski definition) is 4. The fourth-order valence-corrected chi connectivity index (χ4v) is 4.06. The molecule has 0 fully saturated rings. The number of carbonyl (C=O) groups excluding carboxylic acids is 2. The Morgan fingerprint density at radius 1 is 1.27 bits per heavy atom. The van der Waals surface area contributed by atoms with E-state index in [-0.39, 0.29) is 53.4 Å². The van der Waals surface area contributed by atoms with E-state index in [1.165, 1.54) is 29.2 Å². The number of nitrogens with zero attached hydrogens (tertiary/aromatic N) is 4. The van der Waals surface area contributed by atoms with Crippen LogP contribution in [0.25, 0.3) is 11.0 Å². The van der Waals surface area contributed by atoms with E-state index in [0.717, 1.165) is 10.8 Å². The minimum Gasteiger partial charge on any atom is -0.465 e. The Hall–Kier alpha value is -4.26. The van der Waals surface area contributed by atoms with Gasteiger partial charge in [-0.1, -0.05) is 31.5 Å². The predicted octanol–water partition coefficient (Wildman–Crippen LogP) is 3.16. The zero-order valence-corrected chi connectivity index (χ0v) is 23.3. The number of anilines is 1. The smallest absolute Gasteiger partial charge is 0.405 e. The Morgan fingerprint density at radius 2 is 2.00 bits per heavy atom. The first-order chi connectivity index (χ1) is 18.9. The topological polar surface area (TPSA) is 162 Å². The van der Waals surface area contributed by atoms with Crippen LogP contribution in [-0.4, -0.2) is 67.6 Å². The van der Waals surface area contributed by atoms with Crippen molar-refractivity contribution in [1.82, 2.24) is 29.7 Å². The molecule has 12 nitrogen and oxygen atoms in total. The van der Waals surface area contributed by atoms with Gasteiger partial charge >= 0.3 is 6.09 Å². The van der Waals surface area contributed by atoms with Crippen molar-refractivity contribution in [3.05, 3.63) is 63.3 Å². The summed E-state index contributed by atoms with van der Waals surface area (Å²) in [5.41, 5.74) is 0.351. The highest BCUT2D eigenvalue weighted by Crippen LogP contribution is 2.21. The van der Waals surface area contributed by atoms with Gasteiger partial charge in [0.2, 0.25) is 11.8 Å². The van der Waals surface area contributed by atoms with Crippen molar-refractivity contribution in [3.8, 4) is 0 Å². The lowest BCUT2D eigenvalue weighted by atomic mass is 10.1. The average Bonchev–Trinajstić information content (AvgIpc) is 3.31. The zero-order chi connectivity index (χ0) is 29.6. The first kappa shape index (κ1) is 30.3. The molecule has 3 rings (SSSR count). The van der Waals surface area contributed by atoms with Crippen molar-refractivity contribution in [1.29, 1.82) is 0 Å². The first-order valence-corrected chi connectivity index (χ1v) is 12.8. The second-order valence-corrected chi connectivity index (χ2v) is 10.1. The summed E-state index contributed by atoms with van der Waals surface area (Å²) in [4.78, 5) is 61.9. The average molecular weight is 576 g/mol. The standard InChI is InChI=1S/C26H31ClFN7O5/c1-14(2)11-18-23-22(15(28)12-29-18)32-20(33-23)13-35-19(27)10-9-17(25(35)38)30-24(37)16(31-26(39)40)7-5-6-8-21(36)34(3)4/h6,8-10,12,14,16,31H,5,7,11,13H2,1-4H3,(H,30,37)(H,32,33)(H,39,40). The van der Waals surface area contributed by atoms with Gasteiger partial charge in [0.1, 0.15) is 28.2 Å². The van der Waals surface area contributed by atoms with Crippen molar-refractivity contribution in [3.63, 3.8) is 0 Å². The summed E-state index contributed by atoms with van der Waals surface area (Å²) in [6.45, 7) is 3.86. The quantitative estimate of drug-likeness (QED) is 0.201. The Balaban J connectivity index is 1.82. The number of imidazole rings is 1. The van der Waals surface area contributed by atoms with Crippen LogP contribution in [0.5, 0.6) is 0 Å². The van der Waals surface area contributed by atoms with E-state index in [2.05, 4.69) is 25.6 Å². The predicted molar refractivity (Wildman–Crippen MR) is 148 cm³/mol. The van der Waals surface area contributed by atoms with E-state index < -0.39 is 29.4 Å². The number of hydrogen-bond acceptors (Lipinski definition) is 6. The number of pyridine rings is 2. The highest BCUT2D eigenvalue weighted by Gasteiger charge is 2.22. The largest absolute Gasteiger partial charge is 0.465 e. The summed E-state index contributed by atoms with van der Waals surface area (Å²) < 4.78 is 15.6. The third kappa shape index (κ3) is 7.65. The Bertz CT molecular complexity index is 1500. The van der Waals surface area contributed by atoms with Crippen molar-refractivity contribution in [2.75, 3.05) is 19.4 Å². The van der Waals surface area contributed by atoms with Gasteiger partial charge in [-0.05, 0) is 43.4 Å². The maximum absolute atomic E-state index is 14.4. The van der Waals surface area contributed by atoms with Crippen LogP contribution in [0.2, 0.25) is 5.15 Å². The molecule has 0 aliphatic carbocycles. The molecule has 3 heterocycles. The van der Waals surface area contributed by atoms with Crippen molar-refractivity contribution >= 4 is 46.2 Å². The fraction of sp³-hybridized carbons (Fsp3) is 0.385. The number of halogens is 2. The van der Waals surface area contributed by atoms with Crippen LogP contribution in [0.4, 0.5) is 14.9 Å². The number of H-pyrrole nitrogens is 1. The Labute approximate surface area is 234 Å². The van der Waals surface area contributed by atoms with Crippen LogP contribution in [0, 0.1) is 11.7 Å². The van der Waals surface area contributed by atoms with Gasteiger partial charge in [0, 0.05) is 14.1 Å². The summed E-state index contributed by atoms with van der Waals surface area (Å²) in [6, 6.07) is 1.49. The van der Waals surface area contributed by atoms with E-state index in [9.17, 15) is 23.6 Å². The number of carbonyl (C=O) groups is 3. The van der Waals surface area contributed by atoms with Gasteiger partial charge in [-0.3, -0.25) is 23.9 Å². The number of fused-ring (bicyclic) bond motifs is 1. The monoisotopic (exact) mass is 575 g/mol. The molecule has 0 spiro atoms. The molecule has 3 amide bonds. The van der Waals surface area contributed by atoms with E-state index >= 15 is 0 Å². The minimum absolute atomic E-state index is 0.0361. The minimum atomic E-state index is -1.43. The second kappa shape index (κ2) is 13.2. The highest BCUT2D eigenvalue weighted by molar-refractivity contribution is 6.29. The van der Waals surface area contributed by atoms with Gasteiger partial charge in [-0.15, -0.1) is 0 Å². The van der Waals surface area contributed by atoms with Crippen LogP contribution < -0.4 is 16.2 Å². The second-order valence-electron chi connectivity index (χ2n) is 9.72. The first-order valence-electron chi connectivity index (χ1n) is 12.5. The molecule has 1 atom stereocenters. The fourth-order valence-electron chi connectivity index (χ4n) is 3.86. The van der Waals surface area contributed by atoms with Crippen LogP contribution >= 0.6 is 11.6 Å². The van der Waals surface area contributed by atoms with Gasteiger partial charge < -0.3 is 25.6 Å². The van der Waals surface area contributed by atoms with Gasteiger partial charge in [-0.2, -0.15) is 0 Å². The molecule has 0 aliphatic rings. The molecular formula is C26H31ClFN7O5. The molecule has 214 valence electrons. The molecule has 40 heavy (non-hydrogen) atoms. The summed E-state index contributed by atoms with van der Waals surface area (Å²) in [7, 11) is 3.17. The van der Waals surface area contributed by atoms with Crippen LogP contribution in [0.3, 0.4) is 0 Å². The molecule has 0 saturated heterocycles. The molecule has 0 aromatic carbocycles. The van der Waals surface area contributed by atoms with Gasteiger partial charge in [0.15, 0.2) is 5.82 Å². The third-order valence-electron chi connectivity index (χ3n) is 5.83. The third-order valence-corrected chi connectivity index (χ3v) is 6.16. The lowest BCUT2D eigenvalue weighted by Gasteiger charge is -2.17. The Morgan fingerprint density at radius 3 is 2.65 bits per heavy atom. The molecule has 3 aromatic rings. The normalized spacial score (nSPS) is 12.2. The number of aromatic amines is 1. The van der Waals surface area contributed by atoms with Gasteiger partial charge in [0.05, 0.1) is 24.0 Å².